The lowest BCUT2D eigenvalue weighted by molar-refractivity contribution is 0.101. The molecule has 0 radical (unpaired) electrons. The number of benzene rings is 2. The van der Waals surface area contributed by atoms with Gasteiger partial charge in [0.2, 0.25) is 0 Å². The molecule has 2 aromatic carbocycles. The number of Topliss-reactive ketones (excluding diaryl/α,β-unsaturated/α-hetero) is 1. The first-order valence-corrected chi connectivity index (χ1v) is 8.40. The molecule has 0 saturated carbocycles. The van der Waals surface area contributed by atoms with Gasteiger partial charge in [0.1, 0.15) is 0 Å². The van der Waals surface area contributed by atoms with E-state index in [1.54, 1.807) is 36.4 Å². The average molecular weight is 317 g/mol. The van der Waals surface area contributed by atoms with Crippen molar-refractivity contribution >= 4 is 27.2 Å². The fourth-order valence-corrected chi connectivity index (χ4v) is 2.95. The fraction of sp³-hybridized carbons (Fsp3) is 0.125. The number of carbonyl (C=O) groups is 2. The number of rotatable bonds is 4. The third kappa shape index (κ3) is 3.40. The van der Waals surface area contributed by atoms with Gasteiger partial charge in [0, 0.05) is 11.8 Å². The van der Waals surface area contributed by atoms with Crippen LogP contribution in [0.4, 0.5) is 5.69 Å². The normalized spacial score (nSPS) is 11.0. The lowest BCUT2D eigenvalue weighted by atomic mass is 10.1. The Kier molecular flexibility index (Phi) is 4.42. The summed E-state index contributed by atoms with van der Waals surface area (Å²) in [7, 11) is -3.53. The molecule has 0 aliphatic rings. The van der Waals surface area contributed by atoms with Crippen LogP contribution in [0.2, 0.25) is 0 Å². The molecule has 0 aliphatic heterocycles. The van der Waals surface area contributed by atoms with Crippen LogP contribution in [-0.2, 0) is 9.84 Å². The van der Waals surface area contributed by atoms with Crippen LogP contribution in [0.1, 0.15) is 27.6 Å². The Morgan fingerprint density at radius 2 is 1.45 bits per heavy atom. The second-order valence-electron chi connectivity index (χ2n) is 4.82. The number of sulfone groups is 1. The summed E-state index contributed by atoms with van der Waals surface area (Å²) in [5, 5.41) is 2.60. The highest BCUT2D eigenvalue weighted by atomic mass is 32.2. The molecule has 5 nitrogen and oxygen atoms in total. The highest BCUT2D eigenvalue weighted by molar-refractivity contribution is 7.90. The number of amides is 1. The van der Waals surface area contributed by atoms with Gasteiger partial charge in [0.15, 0.2) is 15.6 Å². The minimum atomic E-state index is -3.53. The second kappa shape index (κ2) is 6.11. The number of nitrogens with one attached hydrogen (secondary N) is 1. The Bertz CT molecular complexity index is 841. The van der Waals surface area contributed by atoms with Crippen molar-refractivity contribution in [2.24, 2.45) is 0 Å². The lowest BCUT2D eigenvalue weighted by Gasteiger charge is -2.11. The maximum absolute atomic E-state index is 12.4. The highest BCUT2D eigenvalue weighted by Crippen LogP contribution is 2.20. The molecule has 6 heteroatoms. The topological polar surface area (TPSA) is 80.3 Å². The SMILES string of the molecule is CC(=O)c1ccccc1NC(=O)c1ccccc1S(C)(=O)=O. The van der Waals surface area contributed by atoms with E-state index in [-0.39, 0.29) is 16.2 Å². The molecule has 2 aromatic rings. The largest absolute Gasteiger partial charge is 0.321 e. The van der Waals surface area contributed by atoms with E-state index in [2.05, 4.69) is 5.32 Å². The zero-order valence-corrected chi connectivity index (χ0v) is 13.0. The monoisotopic (exact) mass is 317 g/mol. The van der Waals surface area contributed by atoms with Gasteiger partial charge in [-0.15, -0.1) is 0 Å². The molecular weight excluding hydrogens is 302 g/mol. The number of hydrogen-bond donors (Lipinski definition) is 1. The lowest BCUT2D eigenvalue weighted by Crippen LogP contribution is -2.17. The molecule has 22 heavy (non-hydrogen) atoms. The number of para-hydroxylation sites is 1. The zero-order chi connectivity index (χ0) is 16.3. The van der Waals surface area contributed by atoms with E-state index in [9.17, 15) is 18.0 Å². The highest BCUT2D eigenvalue weighted by Gasteiger charge is 2.19. The first-order valence-electron chi connectivity index (χ1n) is 6.51. The molecule has 114 valence electrons. The third-order valence-electron chi connectivity index (χ3n) is 3.09. The maximum atomic E-state index is 12.4. The fourth-order valence-electron chi connectivity index (χ4n) is 2.07. The molecule has 0 unspecified atom stereocenters. The first-order chi connectivity index (χ1) is 10.3. The number of hydrogen-bond acceptors (Lipinski definition) is 4. The van der Waals surface area contributed by atoms with Crippen molar-refractivity contribution in [3.8, 4) is 0 Å². The van der Waals surface area contributed by atoms with Crippen LogP contribution in [0.5, 0.6) is 0 Å². The van der Waals surface area contributed by atoms with E-state index in [1.807, 2.05) is 0 Å². The molecular formula is C16H15NO4S. The summed E-state index contributed by atoms with van der Waals surface area (Å²) >= 11 is 0. The van der Waals surface area contributed by atoms with E-state index in [0.717, 1.165) is 6.26 Å². The molecule has 0 aliphatic carbocycles. The van der Waals surface area contributed by atoms with Crippen LogP contribution in [-0.4, -0.2) is 26.4 Å². The van der Waals surface area contributed by atoms with Gasteiger partial charge in [-0.05, 0) is 31.2 Å². The van der Waals surface area contributed by atoms with Crippen LogP contribution < -0.4 is 5.32 Å². The molecule has 0 bridgehead atoms. The van der Waals surface area contributed by atoms with E-state index in [0.29, 0.717) is 11.3 Å². The molecule has 1 amide bonds. The zero-order valence-electron chi connectivity index (χ0n) is 12.2. The molecule has 0 saturated heterocycles. The summed E-state index contributed by atoms with van der Waals surface area (Å²) < 4.78 is 23.5. The van der Waals surface area contributed by atoms with Crippen LogP contribution in [0, 0.1) is 0 Å². The Labute approximate surface area is 128 Å². The summed E-state index contributed by atoms with van der Waals surface area (Å²) in [6.07, 6.45) is 1.04. The summed E-state index contributed by atoms with van der Waals surface area (Å²) in [5.74, 6) is -0.762. The van der Waals surface area contributed by atoms with Gasteiger partial charge in [-0.25, -0.2) is 8.42 Å². The summed E-state index contributed by atoms with van der Waals surface area (Å²) in [6, 6.07) is 12.5. The van der Waals surface area contributed by atoms with Crippen LogP contribution >= 0.6 is 0 Å². The molecule has 0 atom stereocenters. The Morgan fingerprint density at radius 1 is 0.909 bits per heavy atom. The van der Waals surface area contributed by atoms with E-state index >= 15 is 0 Å². The maximum Gasteiger partial charge on any atom is 0.257 e. The second-order valence-corrected chi connectivity index (χ2v) is 6.81. The average Bonchev–Trinajstić information content (AvgIpc) is 2.46. The van der Waals surface area contributed by atoms with Gasteiger partial charge in [-0.1, -0.05) is 24.3 Å². The molecule has 0 aromatic heterocycles. The van der Waals surface area contributed by atoms with Crippen molar-refractivity contribution in [2.45, 2.75) is 11.8 Å². The number of anilines is 1. The summed E-state index contributed by atoms with van der Waals surface area (Å²) in [4.78, 5) is 23.9. The molecule has 0 spiro atoms. The van der Waals surface area contributed by atoms with Crippen molar-refractivity contribution in [1.82, 2.24) is 0 Å². The Morgan fingerprint density at radius 3 is 2.05 bits per heavy atom. The van der Waals surface area contributed by atoms with Gasteiger partial charge >= 0.3 is 0 Å². The quantitative estimate of drug-likeness (QED) is 0.879. The van der Waals surface area contributed by atoms with Gasteiger partial charge in [-0.2, -0.15) is 0 Å². The van der Waals surface area contributed by atoms with Crippen LogP contribution in [0.3, 0.4) is 0 Å². The summed E-state index contributed by atoms with van der Waals surface area (Å²) in [6.45, 7) is 1.40. The smallest absolute Gasteiger partial charge is 0.257 e. The van der Waals surface area contributed by atoms with E-state index in [4.69, 9.17) is 0 Å². The van der Waals surface area contributed by atoms with Crippen molar-refractivity contribution in [3.05, 3.63) is 59.7 Å². The third-order valence-corrected chi connectivity index (χ3v) is 4.24. The summed E-state index contributed by atoms with van der Waals surface area (Å²) in [5.41, 5.74) is 0.763. The first kappa shape index (κ1) is 15.9. The van der Waals surface area contributed by atoms with Crippen molar-refractivity contribution in [1.29, 1.82) is 0 Å². The molecule has 0 heterocycles. The number of carbonyl (C=O) groups excluding carboxylic acids is 2. The van der Waals surface area contributed by atoms with E-state index < -0.39 is 15.7 Å². The minimum absolute atomic E-state index is 0.0448. The van der Waals surface area contributed by atoms with Crippen molar-refractivity contribution in [3.63, 3.8) is 0 Å². The van der Waals surface area contributed by atoms with Crippen molar-refractivity contribution < 1.29 is 18.0 Å². The van der Waals surface area contributed by atoms with Crippen molar-refractivity contribution in [2.75, 3.05) is 11.6 Å². The van der Waals surface area contributed by atoms with E-state index in [1.165, 1.54) is 19.1 Å². The predicted molar refractivity (Wildman–Crippen MR) is 84.0 cm³/mol. The Balaban J connectivity index is 2.42. The minimum Gasteiger partial charge on any atom is -0.321 e. The van der Waals surface area contributed by atoms with Gasteiger partial charge in [0.25, 0.3) is 5.91 Å². The molecule has 0 fully saturated rings. The standard InChI is InChI=1S/C16H15NO4S/c1-11(18)12-7-3-5-9-14(12)17-16(19)13-8-4-6-10-15(13)22(2,20)21/h3-10H,1-2H3,(H,17,19). The van der Waals surface area contributed by atoms with Gasteiger partial charge < -0.3 is 5.32 Å². The van der Waals surface area contributed by atoms with Crippen LogP contribution in [0.25, 0.3) is 0 Å². The predicted octanol–water partition coefficient (Wildman–Crippen LogP) is 2.55. The Hall–Kier alpha value is -2.47. The van der Waals surface area contributed by atoms with Crippen LogP contribution in [0.15, 0.2) is 53.4 Å². The van der Waals surface area contributed by atoms with Gasteiger partial charge in [-0.3, -0.25) is 9.59 Å². The van der Waals surface area contributed by atoms with Gasteiger partial charge in [0.05, 0.1) is 16.1 Å². The molecule has 1 N–H and O–H groups in total. The number of ketones is 1. The molecule has 2 rings (SSSR count).